The summed E-state index contributed by atoms with van der Waals surface area (Å²) in [5.74, 6) is 0. The van der Waals surface area contributed by atoms with Crippen LogP contribution < -0.4 is 0 Å². The highest BCUT2D eigenvalue weighted by molar-refractivity contribution is 6.27. The first-order chi connectivity index (χ1) is 33.2. The van der Waals surface area contributed by atoms with E-state index in [0.717, 1.165) is 0 Å². The van der Waals surface area contributed by atoms with Crippen molar-refractivity contribution in [1.82, 2.24) is 0 Å². The van der Waals surface area contributed by atoms with Crippen LogP contribution in [0.25, 0.3) is 120 Å². The van der Waals surface area contributed by atoms with Gasteiger partial charge in [0.15, 0.2) is 0 Å². The third-order valence-corrected chi connectivity index (χ3v) is 15.4. The molecule has 67 heavy (non-hydrogen) atoms. The minimum atomic E-state index is -0.395. The number of hydrogen-bond acceptors (Lipinski definition) is 0. The molecule has 308 valence electrons. The fraction of sp³-hybridized carbons (Fsp3) is 0.0149. The van der Waals surface area contributed by atoms with Gasteiger partial charge in [-0.25, -0.2) is 0 Å². The largest absolute Gasteiger partial charge is 0.0725 e. The van der Waals surface area contributed by atoms with Crippen LogP contribution in [0.1, 0.15) is 22.3 Å². The molecule has 0 amide bonds. The van der Waals surface area contributed by atoms with Gasteiger partial charge in [0.1, 0.15) is 0 Å². The summed E-state index contributed by atoms with van der Waals surface area (Å²) in [6.07, 6.45) is 0. The fourth-order valence-corrected chi connectivity index (χ4v) is 12.7. The van der Waals surface area contributed by atoms with E-state index in [-0.39, 0.29) is 0 Å². The predicted molar refractivity (Wildman–Crippen MR) is 284 cm³/mol. The van der Waals surface area contributed by atoms with Crippen LogP contribution in [0.3, 0.4) is 0 Å². The van der Waals surface area contributed by atoms with Crippen molar-refractivity contribution < 1.29 is 0 Å². The maximum absolute atomic E-state index is 2.57. The van der Waals surface area contributed by atoms with E-state index < -0.39 is 5.41 Å². The molecule has 0 aliphatic heterocycles. The van der Waals surface area contributed by atoms with Gasteiger partial charge in [-0.2, -0.15) is 0 Å². The lowest BCUT2D eigenvalue weighted by molar-refractivity contribution is 0.795. The molecule has 2 aliphatic carbocycles. The summed E-state index contributed by atoms with van der Waals surface area (Å²) < 4.78 is 0. The van der Waals surface area contributed by atoms with E-state index in [1.807, 2.05) is 0 Å². The van der Waals surface area contributed by atoms with Crippen molar-refractivity contribution in [3.05, 3.63) is 265 Å². The van der Waals surface area contributed by atoms with Crippen molar-refractivity contribution in [2.75, 3.05) is 0 Å². The Balaban J connectivity index is 0.941. The lowest BCUT2D eigenvalue weighted by atomic mass is 9.70. The number of hydrogen-bond donors (Lipinski definition) is 0. The average molecular weight is 845 g/mol. The molecule has 0 atom stereocenters. The quantitative estimate of drug-likeness (QED) is 0.123. The van der Waals surface area contributed by atoms with E-state index in [1.54, 1.807) is 0 Å². The van der Waals surface area contributed by atoms with Crippen LogP contribution in [0, 0.1) is 0 Å². The van der Waals surface area contributed by atoms with Crippen LogP contribution in [-0.2, 0) is 5.41 Å². The van der Waals surface area contributed by atoms with Gasteiger partial charge in [-0.05, 0) is 173 Å². The molecule has 0 unspecified atom stereocenters. The third-order valence-electron chi connectivity index (χ3n) is 15.4. The molecular formula is C67H40. The Morgan fingerprint density at radius 1 is 0.194 bits per heavy atom. The van der Waals surface area contributed by atoms with Crippen LogP contribution >= 0.6 is 0 Å². The molecule has 15 rings (SSSR count). The first-order valence-corrected chi connectivity index (χ1v) is 23.5. The summed E-state index contributed by atoms with van der Waals surface area (Å²) in [5.41, 5.74) is 17.9. The molecule has 0 heteroatoms. The zero-order chi connectivity index (χ0) is 43.8. The summed E-state index contributed by atoms with van der Waals surface area (Å²) in [6.45, 7) is 0. The maximum atomic E-state index is 2.57. The molecule has 0 heterocycles. The van der Waals surface area contributed by atoms with Gasteiger partial charge in [0.25, 0.3) is 0 Å². The van der Waals surface area contributed by atoms with Crippen LogP contribution in [0.5, 0.6) is 0 Å². The molecule has 2 aliphatic rings. The average Bonchev–Trinajstić information content (AvgIpc) is 3.86. The molecule has 0 aromatic heterocycles. The van der Waals surface area contributed by atoms with Gasteiger partial charge in [-0.15, -0.1) is 0 Å². The zero-order valence-corrected chi connectivity index (χ0v) is 36.6. The summed E-state index contributed by atoms with van der Waals surface area (Å²) >= 11 is 0. The van der Waals surface area contributed by atoms with E-state index in [1.165, 1.54) is 143 Å². The Morgan fingerprint density at radius 3 is 1.22 bits per heavy atom. The van der Waals surface area contributed by atoms with E-state index in [0.29, 0.717) is 0 Å². The second-order valence-corrected chi connectivity index (χ2v) is 18.6. The normalized spacial score (nSPS) is 13.2. The Morgan fingerprint density at radius 2 is 0.612 bits per heavy atom. The smallest absolute Gasteiger partial charge is 0.0619 e. The van der Waals surface area contributed by atoms with Crippen molar-refractivity contribution in [3.8, 4) is 55.6 Å². The molecule has 0 fully saturated rings. The molecule has 0 saturated carbocycles. The lowest BCUT2D eigenvalue weighted by Gasteiger charge is -2.30. The van der Waals surface area contributed by atoms with Crippen LogP contribution in [-0.4, -0.2) is 0 Å². The van der Waals surface area contributed by atoms with Crippen molar-refractivity contribution in [3.63, 3.8) is 0 Å². The van der Waals surface area contributed by atoms with E-state index in [9.17, 15) is 0 Å². The summed E-state index contributed by atoms with van der Waals surface area (Å²) in [6, 6.07) is 91.4. The Bertz CT molecular complexity index is 4180. The van der Waals surface area contributed by atoms with Crippen LogP contribution in [0.15, 0.2) is 243 Å². The Labute approximate surface area is 388 Å². The fourth-order valence-electron chi connectivity index (χ4n) is 12.7. The summed E-state index contributed by atoms with van der Waals surface area (Å²) in [4.78, 5) is 0. The van der Waals surface area contributed by atoms with Crippen molar-refractivity contribution in [2.24, 2.45) is 0 Å². The van der Waals surface area contributed by atoms with Crippen molar-refractivity contribution in [2.45, 2.75) is 5.41 Å². The molecule has 0 N–H and O–H groups in total. The highest BCUT2D eigenvalue weighted by Gasteiger charge is 2.51. The number of benzene rings is 13. The van der Waals surface area contributed by atoms with Crippen LogP contribution in [0.2, 0.25) is 0 Å². The topological polar surface area (TPSA) is 0 Å². The molecular weight excluding hydrogens is 805 g/mol. The Hall–Kier alpha value is -8.58. The standard InChI is InChI=1S/C67H40/c1-2-17-42-36-46(33-32-41(42)16-1)66-55-27-7-5-25-53(55)65(54-26-6-8-28-56(54)66)45-19-15-18-43(37-45)44-34-35-49-57(38-44)47-20-3-4-21-48(47)58-39-60-52-24-11-14-31-63(52)67(64(60)40-59(49)58)61-29-12-9-22-50(61)51-23-10-13-30-62(51)67/h1-40H. The monoisotopic (exact) mass is 844 g/mol. The van der Waals surface area contributed by atoms with Gasteiger partial charge < -0.3 is 0 Å². The molecule has 1 spiro atoms. The van der Waals surface area contributed by atoms with Gasteiger partial charge in [0, 0.05) is 0 Å². The van der Waals surface area contributed by atoms with Gasteiger partial charge in [0.05, 0.1) is 5.41 Å². The zero-order valence-electron chi connectivity index (χ0n) is 36.6. The van der Waals surface area contributed by atoms with E-state index >= 15 is 0 Å². The summed E-state index contributed by atoms with van der Waals surface area (Å²) in [5, 5.41) is 15.3. The SMILES string of the molecule is c1cc(-c2ccc3c(c2)c2ccccc2c2cc4c(cc32)C2(c3ccccc3-c3ccccc32)c2ccccc2-4)cc(-c2c3ccccc3c(-c3ccc4ccccc4c3)c3ccccc23)c1. The lowest BCUT2D eigenvalue weighted by Crippen LogP contribution is -2.25. The van der Waals surface area contributed by atoms with Gasteiger partial charge in [0.2, 0.25) is 0 Å². The van der Waals surface area contributed by atoms with Gasteiger partial charge in [-0.1, -0.05) is 212 Å². The highest BCUT2D eigenvalue weighted by Crippen LogP contribution is 2.63. The number of rotatable bonds is 3. The van der Waals surface area contributed by atoms with E-state index in [2.05, 4.69) is 243 Å². The number of fused-ring (bicyclic) bond motifs is 19. The molecule has 0 nitrogen and oxygen atoms in total. The van der Waals surface area contributed by atoms with Crippen molar-refractivity contribution >= 4 is 64.6 Å². The summed E-state index contributed by atoms with van der Waals surface area (Å²) in [7, 11) is 0. The van der Waals surface area contributed by atoms with E-state index in [4.69, 9.17) is 0 Å². The highest BCUT2D eigenvalue weighted by atomic mass is 14.5. The van der Waals surface area contributed by atoms with Crippen molar-refractivity contribution in [1.29, 1.82) is 0 Å². The maximum Gasteiger partial charge on any atom is 0.0725 e. The van der Waals surface area contributed by atoms with Gasteiger partial charge >= 0.3 is 0 Å². The minimum Gasteiger partial charge on any atom is -0.0619 e. The molecule has 0 radical (unpaired) electrons. The third kappa shape index (κ3) is 4.97. The minimum absolute atomic E-state index is 0.395. The molecule has 13 aromatic carbocycles. The van der Waals surface area contributed by atoms with Gasteiger partial charge in [-0.3, -0.25) is 0 Å². The molecule has 0 bridgehead atoms. The van der Waals surface area contributed by atoms with Crippen LogP contribution in [0.4, 0.5) is 0 Å². The second-order valence-electron chi connectivity index (χ2n) is 18.6. The molecule has 0 saturated heterocycles. The first kappa shape index (κ1) is 36.7. The first-order valence-electron chi connectivity index (χ1n) is 23.5. The molecule has 13 aromatic rings. The predicted octanol–water partition coefficient (Wildman–Crippen LogP) is 18.0. The second kappa shape index (κ2) is 13.7. The Kier molecular flexibility index (Phi) is 7.52.